The number of amides is 5. The van der Waals surface area contributed by atoms with Gasteiger partial charge in [0.1, 0.15) is 17.9 Å². The topological polar surface area (TPSA) is 108 Å². The largest absolute Gasteiger partial charge is 0.345 e. The molecular weight excluding hydrogens is 391 g/mol. The average molecular weight is 412 g/mol. The first-order chi connectivity index (χ1) is 14.4. The molecular formula is C21H21FN4O4. The Morgan fingerprint density at radius 3 is 2.33 bits per heavy atom. The van der Waals surface area contributed by atoms with Crippen molar-refractivity contribution < 1.29 is 23.6 Å². The number of hydrogen-bond donors (Lipinski definition) is 3. The lowest BCUT2D eigenvalue weighted by Gasteiger charge is -2.25. The Hall–Kier alpha value is -3.75. The van der Waals surface area contributed by atoms with Crippen molar-refractivity contribution >= 4 is 29.4 Å². The number of halogens is 1. The van der Waals surface area contributed by atoms with Crippen molar-refractivity contribution in [1.29, 1.82) is 0 Å². The summed E-state index contributed by atoms with van der Waals surface area (Å²) in [6.07, 6.45) is 0.319. The number of urea groups is 1. The summed E-state index contributed by atoms with van der Waals surface area (Å²) < 4.78 is 12.9. The van der Waals surface area contributed by atoms with Crippen LogP contribution in [0.25, 0.3) is 0 Å². The van der Waals surface area contributed by atoms with E-state index in [9.17, 15) is 23.6 Å². The van der Waals surface area contributed by atoms with Gasteiger partial charge in [-0.3, -0.25) is 19.3 Å². The van der Waals surface area contributed by atoms with Gasteiger partial charge in [-0.25, -0.2) is 9.18 Å². The Labute approximate surface area is 172 Å². The molecule has 2 aromatic rings. The molecule has 1 fully saturated rings. The van der Waals surface area contributed by atoms with Gasteiger partial charge in [0.05, 0.1) is 6.54 Å². The lowest BCUT2D eigenvalue weighted by molar-refractivity contribution is -0.135. The number of carbonyl (C=O) groups is 4. The molecule has 1 heterocycles. The number of hydrogen-bond acceptors (Lipinski definition) is 4. The molecule has 5 amide bonds. The zero-order valence-corrected chi connectivity index (χ0v) is 16.3. The zero-order valence-electron chi connectivity index (χ0n) is 16.3. The van der Waals surface area contributed by atoms with Crippen LogP contribution in [0.2, 0.25) is 0 Å². The highest BCUT2D eigenvalue weighted by Gasteiger charge is 2.51. The van der Waals surface area contributed by atoms with E-state index in [1.807, 2.05) is 0 Å². The third-order valence-corrected chi connectivity index (χ3v) is 4.85. The third kappa shape index (κ3) is 4.29. The van der Waals surface area contributed by atoms with Crippen molar-refractivity contribution in [2.75, 3.05) is 18.4 Å². The standard InChI is InChI=1S/C21H21FN4O4/c1-2-21(14-6-4-3-5-7-14)19(29)26(20(30)25-21)13-18(28)23-12-17(27)24-16-10-8-15(22)9-11-16/h3-11H,2,12-13H2,1H3,(H,23,28)(H,24,27)(H,25,30)/t21-/m1/s1. The minimum atomic E-state index is -1.22. The Balaban J connectivity index is 1.58. The smallest absolute Gasteiger partial charge is 0.325 e. The molecule has 3 rings (SSSR count). The van der Waals surface area contributed by atoms with Crippen molar-refractivity contribution in [1.82, 2.24) is 15.5 Å². The summed E-state index contributed by atoms with van der Waals surface area (Å²) in [6, 6.07) is 13.3. The number of benzene rings is 2. The molecule has 1 aliphatic heterocycles. The lowest BCUT2D eigenvalue weighted by atomic mass is 9.87. The predicted molar refractivity (Wildman–Crippen MR) is 107 cm³/mol. The monoisotopic (exact) mass is 412 g/mol. The van der Waals surface area contributed by atoms with Gasteiger partial charge in [0.2, 0.25) is 11.8 Å². The molecule has 0 spiro atoms. The third-order valence-electron chi connectivity index (χ3n) is 4.85. The summed E-state index contributed by atoms with van der Waals surface area (Å²) in [6.45, 7) is 0.898. The van der Waals surface area contributed by atoms with E-state index in [0.29, 0.717) is 17.7 Å². The molecule has 1 atom stereocenters. The van der Waals surface area contributed by atoms with E-state index < -0.39 is 41.7 Å². The molecule has 9 heteroatoms. The van der Waals surface area contributed by atoms with Gasteiger partial charge < -0.3 is 16.0 Å². The fraction of sp³-hybridized carbons (Fsp3) is 0.238. The van der Waals surface area contributed by atoms with Crippen LogP contribution in [0.5, 0.6) is 0 Å². The molecule has 0 aromatic heterocycles. The minimum Gasteiger partial charge on any atom is -0.345 e. The SMILES string of the molecule is CC[C@]1(c2ccccc2)NC(=O)N(CC(=O)NCC(=O)Nc2ccc(F)cc2)C1=O. The van der Waals surface area contributed by atoms with E-state index in [1.54, 1.807) is 37.3 Å². The molecule has 1 saturated heterocycles. The molecule has 0 saturated carbocycles. The minimum absolute atomic E-state index is 0.319. The van der Waals surface area contributed by atoms with Gasteiger partial charge in [0.15, 0.2) is 0 Å². The lowest BCUT2D eigenvalue weighted by Crippen LogP contribution is -2.45. The first-order valence-electron chi connectivity index (χ1n) is 9.37. The highest BCUT2D eigenvalue weighted by molar-refractivity contribution is 6.09. The molecule has 8 nitrogen and oxygen atoms in total. The molecule has 156 valence electrons. The number of nitrogens with one attached hydrogen (secondary N) is 3. The second kappa shape index (κ2) is 8.73. The molecule has 30 heavy (non-hydrogen) atoms. The quantitative estimate of drug-likeness (QED) is 0.602. The number of rotatable bonds is 7. The number of nitrogens with zero attached hydrogens (tertiary/aromatic N) is 1. The maximum absolute atomic E-state index is 13.0. The highest BCUT2D eigenvalue weighted by atomic mass is 19.1. The van der Waals surface area contributed by atoms with Gasteiger partial charge in [0.25, 0.3) is 5.91 Å². The molecule has 0 unspecified atom stereocenters. The normalized spacial score (nSPS) is 18.1. The Kier molecular flexibility index (Phi) is 6.10. The van der Waals surface area contributed by atoms with Crippen LogP contribution in [-0.2, 0) is 19.9 Å². The van der Waals surface area contributed by atoms with E-state index in [-0.39, 0.29) is 6.54 Å². The fourth-order valence-corrected chi connectivity index (χ4v) is 3.25. The number of imide groups is 1. The molecule has 3 N–H and O–H groups in total. The highest BCUT2D eigenvalue weighted by Crippen LogP contribution is 2.32. The first kappa shape index (κ1) is 21.0. The summed E-state index contributed by atoms with van der Waals surface area (Å²) in [5.74, 6) is -2.15. The van der Waals surface area contributed by atoms with Gasteiger partial charge in [-0.1, -0.05) is 37.3 Å². The van der Waals surface area contributed by atoms with Gasteiger partial charge >= 0.3 is 6.03 Å². The molecule has 0 bridgehead atoms. The van der Waals surface area contributed by atoms with E-state index in [1.165, 1.54) is 24.3 Å². The van der Waals surface area contributed by atoms with Gasteiger partial charge in [-0.15, -0.1) is 0 Å². The van der Waals surface area contributed by atoms with Crippen LogP contribution in [0.15, 0.2) is 54.6 Å². The Morgan fingerprint density at radius 1 is 1.03 bits per heavy atom. The Bertz CT molecular complexity index is 965. The van der Waals surface area contributed by atoms with Crippen LogP contribution >= 0.6 is 0 Å². The average Bonchev–Trinajstić information content (AvgIpc) is 2.99. The van der Waals surface area contributed by atoms with Crippen molar-refractivity contribution in [3.05, 3.63) is 66.0 Å². The van der Waals surface area contributed by atoms with Crippen LogP contribution in [0, 0.1) is 5.82 Å². The van der Waals surface area contributed by atoms with Gasteiger partial charge in [-0.2, -0.15) is 0 Å². The van der Waals surface area contributed by atoms with Crippen molar-refractivity contribution in [3.8, 4) is 0 Å². The summed E-state index contributed by atoms with van der Waals surface area (Å²) in [5, 5.41) is 7.56. The van der Waals surface area contributed by atoms with Crippen molar-refractivity contribution in [2.24, 2.45) is 0 Å². The maximum Gasteiger partial charge on any atom is 0.325 e. The zero-order chi connectivity index (χ0) is 21.7. The molecule has 0 aliphatic carbocycles. The summed E-state index contributed by atoms with van der Waals surface area (Å²) >= 11 is 0. The predicted octanol–water partition coefficient (Wildman–Crippen LogP) is 1.74. The molecule has 2 aromatic carbocycles. The van der Waals surface area contributed by atoms with Crippen LogP contribution in [0.1, 0.15) is 18.9 Å². The van der Waals surface area contributed by atoms with Crippen LogP contribution in [0.4, 0.5) is 14.9 Å². The second-order valence-corrected chi connectivity index (χ2v) is 6.78. The van der Waals surface area contributed by atoms with Crippen LogP contribution in [0.3, 0.4) is 0 Å². The van der Waals surface area contributed by atoms with Gasteiger partial charge in [-0.05, 0) is 36.2 Å². The molecule has 0 radical (unpaired) electrons. The fourth-order valence-electron chi connectivity index (χ4n) is 3.25. The maximum atomic E-state index is 13.0. The Morgan fingerprint density at radius 2 is 1.70 bits per heavy atom. The van der Waals surface area contributed by atoms with Crippen molar-refractivity contribution in [2.45, 2.75) is 18.9 Å². The van der Waals surface area contributed by atoms with E-state index in [2.05, 4.69) is 16.0 Å². The summed E-state index contributed by atoms with van der Waals surface area (Å²) in [5.41, 5.74) is -0.216. The first-order valence-corrected chi connectivity index (χ1v) is 9.37. The second-order valence-electron chi connectivity index (χ2n) is 6.78. The van der Waals surface area contributed by atoms with Gasteiger partial charge in [0, 0.05) is 5.69 Å². The molecule has 1 aliphatic rings. The van der Waals surface area contributed by atoms with E-state index >= 15 is 0 Å². The summed E-state index contributed by atoms with van der Waals surface area (Å²) in [4.78, 5) is 50.3. The summed E-state index contributed by atoms with van der Waals surface area (Å²) in [7, 11) is 0. The number of carbonyl (C=O) groups excluding carboxylic acids is 4. The van der Waals surface area contributed by atoms with Crippen LogP contribution in [-0.4, -0.2) is 41.7 Å². The van der Waals surface area contributed by atoms with E-state index in [0.717, 1.165) is 4.90 Å². The number of anilines is 1. The van der Waals surface area contributed by atoms with E-state index in [4.69, 9.17) is 0 Å². The van der Waals surface area contributed by atoms with Crippen molar-refractivity contribution in [3.63, 3.8) is 0 Å². The van der Waals surface area contributed by atoms with Crippen LogP contribution < -0.4 is 16.0 Å².